The largest absolute Gasteiger partial charge is 0.333 e. The first kappa shape index (κ1) is 13.0. The number of amides is 1. The maximum absolute atomic E-state index is 13.6. The Hall–Kier alpha value is -1.49. The maximum Gasteiger partial charge on any atom is 0.257 e. The van der Waals surface area contributed by atoms with Crippen LogP contribution in [0.5, 0.6) is 0 Å². The predicted octanol–water partition coefficient (Wildman–Crippen LogP) is 1.79. The third-order valence-electron chi connectivity index (χ3n) is 3.11. The molecule has 1 aromatic carbocycles. The highest BCUT2D eigenvalue weighted by atomic mass is 19.2. The Bertz CT molecular complexity index is 447. The van der Waals surface area contributed by atoms with Gasteiger partial charge < -0.3 is 10.2 Å². The van der Waals surface area contributed by atoms with Gasteiger partial charge in [-0.15, -0.1) is 0 Å². The van der Waals surface area contributed by atoms with Crippen LogP contribution < -0.4 is 5.32 Å². The summed E-state index contributed by atoms with van der Waals surface area (Å²) in [5.74, 6) is -2.47. The monoisotopic (exact) mass is 254 g/mol. The predicted molar refractivity (Wildman–Crippen MR) is 64.3 cm³/mol. The summed E-state index contributed by atoms with van der Waals surface area (Å²) in [5.41, 5.74) is -0.185. The average molecular weight is 254 g/mol. The Kier molecular flexibility index (Phi) is 3.91. The van der Waals surface area contributed by atoms with Gasteiger partial charge in [-0.3, -0.25) is 4.79 Å². The lowest BCUT2D eigenvalue weighted by atomic mass is 10.1. The van der Waals surface area contributed by atoms with Crippen LogP contribution in [0.15, 0.2) is 18.2 Å². The molecule has 1 aliphatic heterocycles. The van der Waals surface area contributed by atoms with E-state index in [1.165, 1.54) is 12.1 Å². The van der Waals surface area contributed by atoms with Gasteiger partial charge in [0.1, 0.15) is 0 Å². The van der Waals surface area contributed by atoms with Crippen LogP contribution in [-0.2, 0) is 0 Å². The second-order valence-corrected chi connectivity index (χ2v) is 4.41. The van der Waals surface area contributed by atoms with E-state index in [1.54, 1.807) is 4.90 Å². The molecular weight excluding hydrogens is 238 g/mol. The highest BCUT2D eigenvalue weighted by Gasteiger charge is 2.30. The summed E-state index contributed by atoms with van der Waals surface area (Å²) in [6.45, 7) is 3.93. The van der Waals surface area contributed by atoms with E-state index in [9.17, 15) is 13.6 Å². The zero-order chi connectivity index (χ0) is 13.1. The number of hydrogen-bond donors (Lipinski definition) is 1. The van der Waals surface area contributed by atoms with E-state index in [2.05, 4.69) is 5.32 Å². The molecule has 0 saturated carbocycles. The molecule has 3 nitrogen and oxygen atoms in total. The molecular formula is C13H16F2N2O. The molecule has 0 aromatic heterocycles. The van der Waals surface area contributed by atoms with Crippen molar-refractivity contribution in [2.45, 2.75) is 19.4 Å². The molecule has 1 N–H and O–H groups in total. The summed E-state index contributed by atoms with van der Waals surface area (Å²) in [6, 6.07) is 3.78. The van der Waals surface area contributed by atoms with Crippen molar-refractivity contribution >= 4 is 5.91 Å². The van der Waals surface area contributed by atoms with Gasteiger partial charge in [0.2, 0.25) is 0 Å². The van der Waals surface area contributed by atoms with E-state index in [0.29, 0.717) is 19.6 Å². The third kappa shape index (κ3) is 2.36. The Labute approximate surface area is 105 Å². The summed E-state index contributed by atoms with van der Waals surface area (Å²) < 4.78 is 26.7. The first-order valence-corrected chi connectivity index (χ1v) is 6.10. The molecule has 1 amide bonds. The van der Waals surface area contributed by atoms with Crippen molar-refractivity contribution in [3.63, 3.8) is 0 Å². The van der Waals surface area contributed by atoms with Gasteiger partial charge in [-0.1, -0.05) is 13.0 Å². The van der Waals surface area contributed by atoms with E-state index in [1.807, 2.05) is 6.92 Å². The lowest BCUT2D eigenvalue weighted by Crippen LogP contribution is -2.59. The van der Waals surface area contributed by atoms with Crippen LogP contribution in [0, 0.1) is 11.6 Å². The fourth-order valence-electron chi connectivity index (χ4n) is 2.01. The van der Waals surface area contributed by atoms with Gasteiger partial charge in [0.25, 0.3) is 5.91 Å². The first-order chi connectivity index (χ1) is 8.65. The normalized spacial score (nSPS) is 15.3. The molecule has 2 rings (SSSR count). The van der Waals surface area contributed by atoms with Gasteiger partial charge in [0.05, 0.1) is 11.6 Å². The van der Waals surface area contributed by atoms with Crippen LogP contribution in [0.25, 0.3) is 0 Å². The molecule has 18 heavy (non-hydrogen) atoms. The van der Waals surface area contributed by atoms with Gasteiger partial charge in [-0.2, -0.15) is 0 Å². The van der Waals surface area contributed by atoms with E-state index < -0.39 is 17.5 Å². The zero-order valence-corrected chi connectivity index (χ0v) is 10.2. The van der Waals surface area contributed by atoms with E-state index in [-0.39, 0.29) is 11.6 Å². The summed E-state index contributed by atoms with van der Waals surface area (Å²) >= 11 is 0. The van der Waals surface area contributed by atoms with Crippen LogP contribution in [0.4, 0.5) is 8.78 Å². The molecule has 0 bridgehead atoms. The standard InChI is InChI=1S/C13H16F2N2O/c1-2-6-17(9-7-16-8-9)13(18)10-4-3-5-11(14)12(10)15/h3-5,9,16H,2,6-8H2,1H3. The minimum atomic E-state index is -1.06. The lowest BCUT2D eigenvalue weighted by molar-refractivity contribution is 0.0610. The fourth-order valence-corrected chi connectivity index (χ4v) is 2.01. The number of carbonyl (C=O) groups excluding carboxylic acids is 1. The molecule has 0 radical (unpaired) electrons. The van der Waals surface area contributed by atoms with E-state index in [4.69, 9.17) is 0 Å². The van der Waals surface area contributed by atoms with Crippen molar-refractivity contribution < 1.29 is 13.6 Å². The van der Waals surface area contributed by atoms with E-state index in [0.717, 1.165) is 12.5 Å². The molecule has 5 heteroatoms. The summed E-state index contributed by atoms with van der Waals surface area (Å²) in [5, 5.41) is 3.07. The smallest absolute Gasteiger partial charge is 0.257 e. The van der Waals surface area contributed by atoms with Crippen LogP contribution in [0.2, 0.25) is 0 Å². The quantitative estimate of drug-likeness (QED) is 0.888. The second-order valence-electron chi connectivity index (χ2n) is 4.41. The van der Waals surface area contributed by atoms with Crippen molar-refractivity contribution in [3.8, 4) is 0 Å². The Morgan fingerprint density at radius 1 is 1.44 bits per heavy atom. The molecule has 1 aliphatic rings. The number of benzene rings is 1. The molecule has 0 aliphatic carbocycles. The number of nitrogens with one attached hydrogen (secondary N) is 1. The lowest BCUT2D eigenvalue weighted by Gasteiger charge is -2.38. The maximum atomic E-state index is 13.6. The van der Waals surface area contributed by atoms with Crippen molar-refractivity contribution in [2.75, 3.05) is 19.6 Å². The van der Waals surface area contributed by atoms with Crippen LogP contribution in [0.1, 0.15) is 23.7 Å². The SMILES string of the molecule is CCCN(C(=O)c1cccc(F)c1F)C1CNC1. The number of nitrogens with zero attached hydrogens (tertiary/aromatic N) is 1. The highest BCUT2D eigenvalue weighted by molar-refractivity contribution is 5.94. The summed E-state index contributed by atoms with van der Waals surface area (Å²) in [7, 11) is 0. The molecule has 1 saturated heterocycles. The number of carbonyl (C=O) groups is 1. The summed E-state index contributed by atoms with van der Waals surface area (Å²) in [6.07, 6.45) is 0.791. The van der Waals surface area contributed by atoms with Gasteiger partial charge in [-0.05, 0) is 18.6 Å². The molecule has 0 atom stereocenters. The number of hydrogen-bond acceptors (Lipinski definition) is 2. The minimum absolute atomic E-state index is 0.0834. The second kappa shape index (κ2) is 5.44. The average Bonchev–Trinajstić information content (AvgIpc) is 2.29. The minimum Gasteiger partial charge on any atom is -0.333 e. The van der Waals surface area contributed by atoms with Crippen molar-refractivity contribution in [3.05, 3.63) is 35.4 Å². The fraction of sp³-hybridized carbons (Fsp3) is 0.462. The third-order valence-corrected chi connectivity index (χ3v) is 3.11. The van der Waals surface area contributed by atoms with Crippen molar-refractivity contribution in [1.29, 1.82) is 0 Å². The van der Waals surface area contributed by atoms with Crippen molar-refractivity contribution in [1.82, 2.24) is 10.2 Å². The van der Waals surface area contributed by atoms with Gasteiger partial charge in [-0.25, -0.2) is 8.78 Å². The molecule has 1 heterocycles. The van der Waals surface area contributed by atoms with Gasteiger partial charge in [0, 0.05) is 19.6 Å². The van der Waals surface area contributed by atoms with Gasteiger partial charge >= 0.3 is 0 Å². The van der Waals surface area contributed by atoms with Crippen LogP contribution in [0.3, 0.4) is 0 Å². The van der Waals surface area contributed by atoms with Crippen LogP contribution >= 0.6 is 0 Å². The molecule has 1 fully saturated rings. The molecule has 98 valence electrons. The highest BCUT2D eigenvalue weighted by Crippen LogP contribution is 2.17. The van der Waals surface area contributed by atoms with Gasteiger partial charge in [0.15, 0.2) is 11.6 Å². The number of rotatable bonds is 4. The molecule has 1 aromatic rings. The molecule has 0 unspecified atom stereocenters. The van der Waals surface area contributed by atoms with E-state index >= 15 is 0 Å². The van der Waals surface area contributed by atoms with Crippen molar-refractivity contribution in [2.24, 2.45) is 0 Å². The van der Waals surface area contributed by atoms with Crippen LogP contribution in [-0.4, -0.2) is 36.5 Å². The first-order valence-electron chi connectivity index (χ1n) is 6.10. The Balaban J connectivity index is 2.24. The Morgan fingerprint density at radius 2 is 2.17 bits per heavy atom. The topological polar surface area (TPSA) is 32.3 Å². The Morgan fingerprint density at radius 3 is 2.72 bits per heavy atom. The summed E-state index contributed by atoms with van der Waals surface area (Å²) in [4.78, 5) is 13.9. The molecule has 0 spiro atoms. The number of halogens is 2. The zero-order valence-electron chi connectivity index (χ0n) is 10.2.